The Bertz CT molecular complexity index is 1020. The normalized spacial score (nSPS) is 15.2. The van der Waals surface area contributed by atoms with Gasteiger partial charge in [0.2, 0.25) is 5.91 Å². The largest absolute Gasteiger partial charge is 0.497 e. The van der Waals surface area contributed by atoms with E-state index in [4.69, 9.17) is 9.47 Å². The van der Waals surface area contributed by atoms with Crippen molar-refractivity contribution in [3.8, 4) is 11.5 Å². The van der Waals surface area contributed by atoms with E-state index in [2.05, 4.69) is 0 Å². The molecule has 0 aromatic heterocycles. The van der Waals surface area contributed by atoms with Crippen LogP contribution in [-0.4, -0.2) is 60.7 Å². The first-order valence-corrected chi connectivity index (χ1v) is 10.4. The molecule has 0 N–H and O–H groups in total. The average Bonchev–Trinajstić information content (AvgIpc) is 3.01. The van der Waals surface area contributed by atoms with E-state index in [9.17, 15) is 14.4 Å². The number of fused-ring (bicyclic) bond motifs is 1. The first-order valence-electron chi connectivity index (χ1n) is 9.61. The maximum absolute atomic E-state index is 12.9. The van der Waals surface area contributed by atoms with Crippen LogP contribution < -0.4 is 9.47 Å². The fraction of sp³-hybridized carbons (Fsp3) is 0.318. The number of rotatable bonds is 7. The molecule has 1 aliphatic rings. The van der Waals surface area contributed by atoms with Gasteiger partial charge in [-0.3, -0.25) is 19.3 Å². The summed E-state index contributed by atoms with van der Waals surface area (Å²) < 4.78 is 10.8. The number of carbonyl (C=O) groups excluding carboxylic acids is 3. The minimum absolute atomic E-state index is 0.251. The third-order valence-electron chi connectivity index (χ3n) is 5.01. The average molecular weight is 429 g/mol. The van der Waals surface area contributed by atoms with Gasteiger partial charge in [-0.25, -0.2) is 0 Å². The number of carbonyl (C=O) groups is 3. The van der Waals surface area contributed by atoms with Crippen molar-refractivity contribution in [3.05, 3.63) is 40.8 Å². The van der Waals surface area contributed by atoms with Crippen molar-refractivity contribution in [2.45, 2.75) is 13.8 Å². The number of amides is 3. The van der Waals surface area contributed by atoms with E-state index in [1.165, 1.54) is 0 Å². The Morgan fingerprint density at radius 1 is 1.10 bits per heavy atom. The maximum Gasteiger partial charge on any atom is 0.294 e. The van der Waals surface area contributed by atoms with Crippen LogP contribution in [0.15, 0.2) is 35.2 Å². The summed E-state index contributed by atoms with van der Waals surface area (Å²) in [6.07, 6.45) is 1.65. The van der Waals surface area contributed by atoms with Gasteiger partial charge in [0.05, 0.1) is 19.1 Å². The van der Waals surface area contributed by atoms with Crippen molar-refractivity contribution in [1.29, 1.82) is 0 Å². The molecule has 0 spiro atoms. The number of hydrogen-bond acceptors (Lipinski definition) is 6. The van der Waals surface area contributed by atoms with Crippen LogP contribution in [0, 0.1) is 0 Å². The predicted molar refractivity (Wildman–Crippen MR) is 118 cm³/mol. The van der Waals surface area contributed by atoms with E-state index in [0.717, 1.165) is 27.4 Å². The lowest BCUT2D eigenvalue weighted by molar-refractivity contribution is -0.135. The summed E-state index contributed by atoms with van der Waals surface area (Å²) in [5, 5.41) is 1.32. The van der Waals surface area contributed by atoms with Gasteiger partial charge in [0, 0.05) is 18.7 Å². The molecule has 1 fully saturated rings. The van der Waals surface area contributed by atoms with E-state index < -0.39 is 11.1 Å². The molecule has 3 rings (SSSR count). The number of nitrogens with zero attached hydrogens (tertiary/aromatic N) is 2. The highest BCUT2D eigenvalue weighted by molar-refractivity contribution is 8.18. The van der Waals surface area contributed by atoms with Gasteiger partial charge in [0.25, 0.3) is 11.1 Å². The molecular weight excluding hydrogens is 404 g/mol. The van der Waals surface area contributed by atoms with Crippen LogP contribution in [0.4, 0.5) is 4.79 Å². The van der Waals surface area contributed by atoms with Crippen LogP contribution in [0.3, 0.4) is 0 Å². The molecule has 0 unspecified atom stereocenters. The summed E-state index contributed by atoms with van der Waals surface area (Å²) in [5.41, 5.74) is 0.675. The Morgan fingerprint density at radius 3 is 2.43 bits per heavy atom. The quantitative estimate of drug-likeness (QED) is 0.625. The van der Waals surface area contributed by atoms with Gasteiger partial charge >= 0.3 is 0 Å². The lowest BCUT2D eigenvalue weighted by Crippen LogP contribution is -2.41. The van der Waals surface area contributed by atoms with Gasteiger partial charge in [-0.1, -0.05) is 12.1 Å². The molecule has 8 heteroatoms. The minimum Gasteiger partial charge on any atom is -0.497 e. The zero-order chi connectivity index (χ0) is 21.8. The molecule has 3 amide bonds. The topological polar surface area (TPSA) is 76.2 Å². The third-order valence-corrected chi connectivity index (χ3v) is 5.92. The molecule has 0 bridgehead atoms. The molecule has 1 heterocycles. The van der Waals surface area contributed by atoms with Crippen LogP contribution in [0.1, 0.15) is 19.4 Å². The monoisotopic (exact) mass is 428 g/mol. The molecule has 0 aliphatic carbocycles. The first kappa shape index (κ1) is 21.7. The van der Waals surface area contributed by atoms with Crippen LogP contribution in [0.25, 0.3) is 16.8 Å². The molecule has 0 radical (unpaired) electrons. The molecule has 158 valence electrons. The summed E-state index contributed by atoms with van der Waals surface area (Å²) in [4.78, 5) is 40.6. The van der Waals surface area contributed by atoms with E-state index in [1.807, 2.05) is 44.2 Å². The fourth-order valence-electron chi connectivity index (χ4n) is 3.33. The van der Waals surface area contributed by atoms with Crippen molar-refractivity contribution in [2.24, 2.45) is 0 Å². The molecule has 30 heavy (non-hydrogen) atoms. The number of methoxy groups -OCH3 is 2. The van der Waals surface area contributed by atoms with Gasteiger partial charge < -0.3 is 14.4 Å². The number of thioether (sulfide) groups is 1. The second-order valence-corrected chi connectivity index (χ2v) is 7.60. The molecule has 2 aromatic rings. The second-order valence-electron chi connectivity index (χ2n) is 6.60. The van der Waals surface area contributed by atoms with Crippen LogP contribution in [0.2, 0.25) is 0 Å². The fourth-order valence-corrected chi connectivity index (χ4v) is 4.15. The Kier molecular flexibility index (Phi) is 6.66. The highest BCUT2D eigenvalue weighted by Gasteiger charge is 2.37. The van der Waals surface area contributed by atoms with Crippen molar-refractivity contribution in [1.82, 2.24) is 9.80 Å². The lowest BCUT2D eigenvalue weighted by atomic mass is 10.0. The number of benzene rings is 2. The van der Waals surface area contributed by atoms with Crippen LogP contribution >= 0.6 is 11.8 Å². The Balaban J connectivity index is 1.99. The minimum atomic E-state index is -0.479. The summed E-state index contributed by atoms with van der Waals surface area (Å²) >= 11 is 0.824. The predicted octanol–water partition coefficient (Wildman–Crippen LogP) is 3.76. The molecule has 1 saturated heterocycles. The Hall–Kier alpha value is -3.00. The summed E-state index contributed by atoms with van der Waals surface area (Å²) in [5.74, 6) is 0.508. The molecular formula is C22H24N2O5S. The molecule has 7 nitrogen and oxygen atoms in total. The van der Waals surface area contributed by atoms with E-state index in [0.29, 0.717) is 30.2 Å². The smallest absolute Gasteiger partial charge is 0.294 e. The van der Waals surface area contributed by atoms with Crippen molar-refractivity contribution in [3.63, 3.8) is 0 Å². The maximum atomic E-state index is 12.9. The molecule has 0 saturated carbocycles. The number of likely N-dealkylation sites (N-methyl/N-ethyl adjacent to an activating group) is 1. The number of ether oxygens (including phenoxy) is 2. The Labute approximate surface area is 179 Å². The van der Waals surface area contributed by atoms with Crippen LogP contribution in [0.5, 0.6) is 11.5 Å². The third kappa shape index (κ3) is 4.14. The van der Waals surface area contributed by atoms with E-state index in [1.54, 1.807) is 25.2 Å². The molecule has 1 aliphatic heterocycles. The standard InChI is InChI=1S/C22H24N2O5S/c1-5-23(6-2)20(25)13-24-21(26)19(30-22(24)27)12-17-16-11-15(28-3)9-7-14(16)8-10-18(17)29-4/h7-12H,5-6,13H2,1-4H3/b19-12-. The van der Waals surface area contributed by atoms with Crippen LogP contribution in [-0.2, 0) is 9.59 Å². The van der Waals surface area contributed by atoms with Crippen molar-refractivity contribution in [2.75, 3.05) is 33.9 Å². The van der Waals surface area contributed by atoms with E-state index >= 15 is 0 Å². The number of hydrogen-bond donors (Lipinski definition) is 0. The number of imide groups is 1. The van der Waals surface area contributed by atoms with Crippen molar-refractivity contribution < 1.29 is 23.9 Å². The summed E-state index contributed by atoms with van der Waals surface area (Å²) in [6.45, 7) is 4.50. The second kappa shape index (κ2) is 9.21. The first-order chi connectivity index (χ1) is 14.4. The van der Waals surface area contributed by atoms with Crippen molar-refractivity contribution >= 4 is 45.7 Å². The lowest BCUT2D eigenvalue weighted by Gasteiger charge is -2.21. The SMILES string of the molecule is CCN(CC)C(=O)CN1C(=O)S/C(=C\c2c(OC)ccc3ccc(OC)cc23)C1=O. The Morgan fingerprint density at radius 2 is 1.80 bits per heavy atom. The highest BCUT2D eigenvalue weighted by atomic mass is 32.2. The zero-order valence-corrected chi connectivity index (χ0v) is 18.2. The van der Waals surface area contributed by atoms with E-state index in [-0.39, 0.29) is 17.4 Å². The zero-order valence-electron chi connectivity index (χ0n) is 17.4. The highest BCUT2D eigenvalue weighted by Crippen LogP contribution is 2.37. The van der Waals surface area contributed by atoms with Gasteiger partial charge in [0.1, 0.15) is 18.0 Å². The molecule has 2 aromatic carbocycles. The van der Waals surface area contributed by atoms with Gasteiger partial charge in [-0.05, 0) is 60.7 Å². The summed E-state index contributed by atoms with van der Waals surface area (Å²) in [6, 6.07) is 9.36. The van der Waals surface area contributed by atoms with Gasteiger partial charge in [-0.15, -0.1) is 0 Å². The summed E-state index contributed by atoms with van der Waals surface area (Å²) in [7, 11) is 3.13. The molecule has 0 atom stereocenters. The van der Waals surface area contributed by atoms with Gasteiger partial charge in [0.15, 0.2) is 0 Å². The van der Waals surface area contributed by atoms with Gasteiger partial charge in [-0.2, -0.15) is 0 Å².